The summed E-state index contributed by atoms with van der Waals surface area (Å²) in [5.41, 5.74) is -2.18. The van der Waals surface area contributed by atoms with Gasteiger partial charge in [-0.15, -0.1) is 0 Å². The number of methoxy groups -OCH3 is 2. The molecule has 14 heteroatoms. The summed E-state index contributed by atoms with van der Waals surface area (Å²) in [6.45, 7) is 7.85. The van der Waals surface area contributed by atoms with Crippen molar-refractivity contribution in [3.63, 3.8) is 0 Å². The van der Waals surface area contributed by atoms with Crippen LogP contribution in [-0.4, -0.2) is 63.7 Å². The van der Waals surface area contributed by atoms with Gasteiger partial charge in [-0.2, -0.15) is 17.2 Å². The van der Waals surface area contributed by atoms with E-state index in [2.05, 4.69) is 4.18 Å². The molecule has 11 nitrogen and oxygen atoms in total. The molecule has 0 spiro atoms. The van der Waals surface area contributed by atoms with Crippen LogP contribution < -0.4 is 10.1 Å². The lowest BCUT2D eigenvalue weighted by molar-refractivity contribution is -0.176. The number of anilines is 1. The first kappa shape index (κ1) is 41.5. The minimum absolute atomic E-state index is 0.0866. The van der Waals surface area contributed by atoms with Crippen LogP contribution in [0.15, 0.2) is 48.5 Å². The number of nitrogens with one attached hydrogen (secondary N) is 1. The number of rotatable bonds is 18. The summed E-state index contributed by atoms with van der Waals surface area (Å²) in [6.07, 6.45) is 5.12. The van der Waals surface area contributed by atoms with Crippen molar-refractivity contribution in [1.29, 1.82) is 0 Å². The molecule has 51 heavy (non-hydrogen) atoms. The zero-order valence-electron chi connectivity index (χ0n) is 30.3. The number of Topliss-reactive ketones (excluding diaryl/α,β-unsaturated/α-hetero) is 1. The van der Waals surface area contributed by atoms with Crippen molar-refractivity contribution >= 4 is 39.4 Å². The first-order valence-corrected chi connectivity index (χ1v) is 18.4. The molecule has 0 saturated heterocycles. The molecule has 2 atom stereocenters. The normalized spacial score (nSPS) is 16.4. The number of carbonyl (C=O) groups is 4. The number of hydrogen-bond acceptors (Lipinski definition) is 10. The topological polar surface area (TPSA) is 151 Å². The quantitative estimate of drug-likeness (QED) is 0.0945. The van der Waals surface area contributed by atoms with Gasteiger partial charge in [0.25, 0.3) is 0 Å². The summed E-state index contributed by atoms with van der Waals surface area (Å²) in [5, 5.41) is -3.14. The largest absolute Gasteiger partial charge is 0.496 e. The molecule has 1 aliphatic rings. The Labute approximate surface area is 298 Å². The molecule has 2 aromatic carbocycles. The van der Waals surface area contributed by atoms with Crippen molar-refractivity contribution < 1.29 is 54.8 Å². The number of amides is 1. The first-order valence-electron chi connectivity index (χ1n) is 17.0. The van der Waals surface area contributed by atoms with Gasteiger partial charge in [-0.1, -0.05) is 38.1 Å². The van der Waals surface area contributed by atoms with Crippen LogP contribution in [-0.2, 0) is 38.2 Å². The number of ether oxygens (including phenoxy) is 3. The highest BCUT2D eigenvalue weighted by atomic mass is 32.2. The molecule has 0 aliphatic heterocycles. The van der Waals surface area contributed by atoms with Gasteiger partial charge in [0.15, 0.2) is 5.78 Å². The van der Waals surface area contributed by atoms with Crippen LogP contribution in [0.2, 0.25) is 0 Å². The molecule has 0 heterocycles. The predicted octanol–water partition coefficient (Wildman–Crippen LogP) is 7.20. The van der Waals surface area contributed by atoms with Crippen molar-refractivity contribution in [3.8, 4) is 5.75 Å². The van der Waals surface area contributed by atoms with Gasteiger partial charge in [0.1, 0.15) is 18.0 Å². The molecule has 0 bridgehead atoms. The van der Waals surface area contributed by atoms with E-state index in [4.69, 9.17) is 14.2 Å². The molecule has 282 valence electrons. The average Bonchev–Trinajstić information content (AvgIpc) is 3.57. The number of esters is 2. The second-order valence-electron chi connectivity index (χ2n) is 14.0. The monoisotopic (exact) mass is 737 g/mol. The summed E-state index contributed by atoms with van der Waals surface area (Å²) < 4.78 is 75.1. The molecule has 1 saturated carbocycles. The van der Waals surface area contributed by atoms with Crippen LogP contribution >= 0.6 is 0 Å². The summed E-state index contributed by atoms with van der Waals surface area (Å²) in [6, 6.07) is 11.6. The van der Waals surface area contributed by atoms with E-state index in [9.17, 15) is 36.4 Å². The summed E-state index contributed by atoms with van der Waals surface area (Å²) in [7, 11) is -3.31. The van der Waals surface area contributed by atoms with Crippen LogP contribution in [0, 0.1) is 10.8 Å². The Bertz CT molecular complexity index is 1670. The third-order valence-electron chi connectivity index (χ3n) is 9.69. The SMILES string of the molecule is CCC(CC(C)(CC(C)(C)C(=O)OC)C(=O)OC1(CC)CCCC1)c1ccc(NC(=O)C(F)(F)S(=O)(=O)OCC(=O)c2ccccc2OC)cc1. The van der Waals surface area contributed by atoms with E-state index < -0.39 is 62.0 Å². The number of benzene rings is 2. The molecule has 2 unspecified atom stereocenters. The highest BCUT2D eigenvalue weighted by molar-refractivity contribution is 7.88. The minimum atomic E-state index is -5.88. The fourth-order valence-corrected chi connectivity index (χ4v) is 7.46. The Morgan fingerprint density at radius 1 is 0.922 bits per heavy atom. The number of halogens is 2. The Kier molecular flexibility index (Phi) is 13.5. The lowest BCUT2D eigenvalue weighted by Crippen LogP contribution is -2.43. The van der Waals surface area contributed by atoms with Crippen molar-refractivity contribution in [1.82, 2.24) is 0 Å². The molecule has 1 aliphatic carbocycles. The first-order chi connectivity index (χ1) is 23.8. The number of hydrogen-bond donors (Lipinski definition) is 1. The second kappa shape index (κ2) is 16.6. The Balaban J connectivity index is 1.77. The average molecular weight is 738 g/mol. The highest BCUT2D eigenvalue weighted by Gasteiger charge is 2.54. The summed E-state index contributed by atoms with van der Waals surface area (Å²) in [4.78, 5) is 51.7. The molecule has 2 aromatic rings. The van der Waals surface area contributed by atoms with Crippen LogP contribution in [0.25, 0.3) is 0 Å². The van der Waals surface area contributed by atoms with E-state index in [0.717, 1.165) is 25.7 Å². The van der Waals surface area contributed by atoms with Crippen molar-refractivity contribution in [3.05, 3.63) is 59.7 Å². The molecule has 0 radical (unpaired) electrons. The highest BCUT2D eigenvalue weighted by Crippen LogP contribution is 2.46. The zero-order valence-corrected chi connectivity index (χ0v) is 31.1. The molecule has 1 amide bonds. The third-order valence-corrected chi connectivity index (χ3v) is 10.9. The van der Waals surface area contributed by atoms with Crippen LogP contribution in [0.5, 0.6) is 5.75 Å². The van der Waals surface area contributed by atoms with Gasteiger partial charge >= 0.3 is 33.2 Å². The standard InChI is InChI=1S/C37H49F2NO10S/c1-8-25(22-35(5,24-34(3,4)32(43)48-7)33(44)50-36(9-2)20-12-13-21-36)26-16-18-27(19-17-26)40-31(42)37(38,39)51(45,46)49-23-29(41)28-14-10-11-15-30(28)47-6/h10-11,14-19,25H,8-9,12-13,20-24H2,1-7H3,(H,40,42). The minimum Gasteiger partial charge on any atom is -0.496 e. The molecule has 0 aromatic heterocycles. The number of carbonyl (C=O) groups excluding carboxylic acids is 4. The third kappa shape index (κ3) is 9.70. The Morgan fingerprint density at radius 2 is 1.53 bits per heavy atom. The lowest BCUT2D eigenvalue weighted by Gasteiger charge is -2.39. The Morgan fingerprint density at radius 3 is 2.08 bits per heavy atom. The maximum absolute atomic E-state index is 14.9. The molecular weight excluding hydrogens is 688 g/mol. The van der Waals surface area contributed by atoms with Crippen LogP contribution in [0.3, 0.4) is 0 Å². The van der Waals surface area contributed by atoms with Crippen molar-refractivity contribution in [2.24, 2.45) is 10.8 Å². The van der Waals surface area contributed by atoms with E-state index in [1.807, 2.05) is 19.2 Å². The van der Waals surface area contributed by atoms with Crippen molar-refractivity contribution in [2.45, 2.75) is 103 Å². The van der Waals surface area contributed by atoms with Gasteiger partial charge in [0.05, 0.1) is 30.6 Å². The van der Waals surface area contributed by atoms with E-state index in [-0.39, 0.29) is 35.8 Å². The second-order valence-corrected chi connectivity index (χ2v) is 15.6. The lowest BCUT2D eigenvalue weighted by atomic mass is 9.68. The fourth-order valence-electron chi connectivity index (χ4n) is 6.77. The van der Waals surface area contributed by atoms with E-state index in [1.165, 1.54) is 44.6 Å². The fraction of sp³-hybridized carbons (Fsp3) is 0.568. The molecular formula is C37H49F2NO10S. The number of ketones is 1. The number of para-hydroxylation sites is 1. The Hall–Kier alpha value is -3.91. The smallest absolute Gasteiger partial charge is 0.447 e. The van der Waals surface area contributed by atoms with Gasteiger partial charge in [-0.3, -0.25) is 23.4 Å². The van der Waals surface area contributed by atoms with Crippen LogP contribution in [0.1, 0.15) is 108 Å². The van der Waals surface area contributed by atoms with Gasteiger partial charge in [0, 0.05) is 5.69 Å². The van der Waals surface area contributed by atoms with E-state index >= 15 is 0 Å². The van der Waals surface area contributed by atoms with E-state index in [1.54, 1.807) is 39.0 Å². The summed E-state index contributed by atoms with van der Waals surface area (Å²) >= 11 is 0. The molecule has 3 rings (SSSR count). The molecule has 1 fully saturated rings. The van der Waals surface area contributed by atoms with Gasteiger partial charge in [-0.05, 0) is 108 Å². The van der Waals surface area contributed by atoms with Gasteiger partial charge in [0.2, 0.25) is 0 Å². The maximum atomic E-state index is 14.9. The van der Waals surface area contributed by atoms with Gasteiger partial charge in [-0.25, -0.2) is 0 Å². The molecule has 1 N–H and O–H groups in total. The van der Waals surface area contributed by atoms with Crippen molar-refractivity contribution in [2.75, 3.05) is 26.1 Å². The van der Waals surface area contributed by atoms with Gasteiger partial charge < -0.3 is 19.5 Å². The van der Waals surface area contributed by atoms with Crippen LogP contribution in [0.4, 0.5) is 14.5 Å². The maximum Gasteiger partial charge on any atom is 0.447 e. The predicted molar refractivity (Wildman–Crippen MR) is 186 cm³/mol. The summed E-state index contributed by atoms with van der Waals surface area (Å²) in [5.74, 6) is -4.16. The zero-order chi connectivity index (χ0) is 38.3. The van der Waals surface area contributed by atoms with E-state index in [0.29, 0.717) is 18.4 Å². The number of alkyl halides is 2.